The molecule has 0 saturated heterocycles. The van der Waals surface area contributed by atoms with Crippen LogP contribution in [0.1, 0.15) is 0 Å². The van der Waals surface area contributed by atoms with Gasteiger partial charge in [0.2, 0.25) is 15.9 Å². The molecule has 140 valence electrons. The second-order valence-corrected chi connectivity index (χ2v) is 8.09. The minimum atomic E-state index is -4.16. The zero-order valence-electron chi connectivity index (χ0n) is 13.8. The molecule has 0 aliphatic rings. The minimum Gasteiger partial charge on any atom is -0.495 e. The summed E-state index contributed by atoms with van der Waals surface area (Å²) in [6, 6.07) is 7.58. The Morgan fingerprint density at radius 2 is 1.92 bits per heavy atom. The quantitative estimate of drug-likeness (QED) is 0.776. The topological polar surface area (TPSA) is 75.7 Å². The van der Waals surface area contributed by atoms with Gasteiger partial charge in [0.05, 0.1) is 24.4 Å². The fourth-order valence-electron chi connectivity index (χ4n) is 2.09. The lowest BCUT2D eigenvalue weighted by Crippen LogP contribution is -2.35. The summed E-state index contributed by atoms with van der Waals surface area (Å²) >= 11 is 11.8. The van der Waals surface area contributed by atoms with Crippen LogP contribution in [0.4, 0.5) is 10.1 Å². The summed E-state index contributed by atoms with van der Waals surface area (Å²) in [5.74, 6) is -1.42. The van der Waals surface area contributed by atoms with Crippen LogP contribution in [0.25, 0.3) is 0 Å². The monoisotopic (exact) mass is 420 g/mol. The second kappa shape index (κ2) is 8.22. The summed E-state index contributed by atoms with van der Waals surface area (Å²) in [6.07, 6.45) is 0. The number of halogens is 3. The normalized spacial score (nSPS) is 11.5. The van der Waals surface area contributed by atoms with Crippen LogP contribution in [0.3, 0.4) is 0 Å². The largest absolute Gasteiger partial charge is 0.495 e. The van der Waals surface area contributed by atoms with Gasteiger partial charge in [0, 0.05) is 12.1 Å². The molecule has 0 spiro atoms. The zero-order chi connectivity index (χ0) is 19.5. The summed E-state index contributed by atoms with van der Waals surface area (Å²) in [6.45, 7) is -0.523. The maximum Gasteiger partial charge on any atom is 0.247 e. The number of nitrogens with one attached hydrogen (secondary N) is 1. The summed E-state index contributed by atoms with van der Waals surface area (Å²) < 4.78 is 44.5. The van der Waals surface area contributed by atoms with E-state index in [-0.39, 0.29) is 21.4 Å². The van der Waals surface area contributed by atoms with Crippen LogP contribution >= 0.6 is 23.2 Å². The lowest BCUT2D eigenvalue weighted by Gasteiger charge is -2.18. The van der Waals surface area contributed by atoms with Gasteiger partial charge >= 0.3 is 0 Å². The van der Waals surface area contributed by atoms with Gasteiger partial charge in [-0.15, -0.1) is 0 Å². The van der Waals surface area contributed by atoms with Crippen molar-refractivity contribution in [1.82, 2.24) is 4.31 Å². The third-order valence-electron chi connectivity index (χ3n) is 3.38. The summed E-state index contributed by atoms with van der Waals surface area (Å²) in [5, 5.41) is 3.09. The van der Waals surface area contributed by atoms with E-state index >= 15 is 0 Å². The van der Waals surface area contributed by atoms with Crippen molar-refractivity contribution in [3.8, 4) is 5.75 Å². The first kappa shape index (κ1) is 20.4. The fourth-order valence-corrected chi connectivity index (χ4v) is 3.72. The standard InChI is InChI=1S/C16H15Cl2FN2O4S/c1-21(9-16(22)20-13-7-10(17)3-5-12(13)18)26(23,24)15-8-11(19)4-6-14(15)25-2/h3-8H,9H2,1-2H3,(H,20,22). The number of hydrogen-bond acceptors (Lipinski definition) is 4. The van der Waals surface area contributed by atoms with Gasteiger partial charge in [-0.05, 0) is 36.4 Å². The molecule has 2 aromatic carbocycles. The van der Waals surface area contributed by atoms with Crippen molar-refractivity contribution in [3.63, 3.8) is 0 Å². The second-order valence-electron chi connectivity index (χ2n) is 5.23. The van der Waals surface area contributed by atoms with Crippen LogP contribution in [0.15, 0.2) is 41.3 Å². The maximum atomic E-state index is 13.5. The number of carbonyl (C=O) groups excluding carboxylic acids is 1. The van der Waals surface area contributed by atoms with Gasteiger partial charge in [0.25, 0.3) is 0 Å². The Balaban J connectivity index is 2.20. The average molecular weight is 421 g/mol. The molecule has 2 aromatic rings. The highest BCUT2D eigenvalue weighted by Crippen LogP contribution is 2.28. The Bertz CT molecular complexity index is 938. The molecule has 6 nitrogen and oxygen atoms in total. The molecule has 2 rings (SSSR count). The van der Waals surface area contributed by atoms with Crippen LogP contribution in [-0.4, -0.2) is 39.3 Å². The van der Waals surface area contributed by atoms with Crippen LogP contribution in [0.2, 0.25) is 10.0 Å². The molecule has 0 atom stereocenters. The molecule has 1 amide bonds. The minimum absolute atomic E-state index is 0.0310. The maximum absolute atomic E-state index is 13.5. The fraction of sp³-hybridized carbons (Fsp3) is 0.188. The first-order valence-corrected chi connectivity index (χ1v) is 9.39. The molecule has 0 fully saturated rings. The number of carbonyl (C=O) groups is 1. The molecular formula is C16H15Cl2FN2O4S. The van der Waals surface area contributed by atoms with Crippen LogP contribution in [0, 0.1) is 5.82 Å². The summed E-state index contributed by atoms with van der Waals surface area (Å²) in [5.41, 5.74) is 0.248. The van der Waals surface area contributed by atoms with Crippen LogP contribution in [-0.2, 0) is 14.8 Å². The van der Waals surface area contributed by atoms with Gasteiger partial charge < -0.3 is 10.1 Å². The van der Waals surface area contributed by atoms with Gasteiger partial charge in [0.15, 0.2) is 0 Å². The van der Waals surface area contributed by atoms with Gasteiger partial charge in [-0.3, -0.25) is 4.79 Å². The Hall–Kier alpha value is -1.87. The highest BCUT2D eigenvalue weighted by Gasteiger charge is 2.27. The number of rotatable bonds is 6. The molecular weight excluding hydrogens is 406 g/mol. The van der Waals surface area contributed by atoms with E-state index in [1.165, 1.54) is 32.4 Å². The van der Waals surface area contributed by atoms with E-state index in [9.17, 15) is 17.6 Å². The van der Waals surface area contributed by atoms with Crippen molar-refractivity contribution >= 4 is 44.8 Å². The molecule has 26 heavy (non-hydrogen) atoms. The van der Waals surface area contributed by atoms with E-state index in [1.54, 1.807) is 6.07 Å². The number of methoxy groups -OCH3 is 1. The smallest absolute Gasteiger partial charge is 0.247 e. The Morgan fingerprint density at radius 3 is 2.58 bits per heavy atom. The predicted molar refractivity (Wildman–Crippen MR) is 97.9 cm³/mol. The number of likely N-dealkylation sites (N-methyl/N-ethyl adjacent to an activating group) is 1. The molecule has 0 aromatic heterocycles. The number of anilines is 1. The molecule has 0 aliphatic heterocycles. The summed E-state index contributed by atoms with van der Waals surface area (Å²) in [7, 11) is -1.70. The van der Waals surface area contributed by atoms with Crippen molar-refractivity contribution in [3.05, 3.63) is 52.3 Å². The lowest BCUT2D eigenvalue weighted by molar-refractivity contribution is -0.116. The first-order chi connectivity index (χ1) is 12.1. The molecule has 0 unspecified atom stereocenters. The third-order valence-corrected chi connectivity index (χ3v) is 5.77. The van der Waals surface area contributed by atoms with E-state index in [0.717, 1.165) is 16.4 Å². The number of sulfonamides is 1. The molecule has 0 aliphatic carbocycles. The SMILES string of the molecule is COc1ccc(F)cc1S(=O)(=O)N(C)CC(=O)Nc1cc(Cl)ccc1Cl. The highest BCUT2D eigenvalue weighted by molar-refractivity contribution is 7.89. The van der Waals surface area contributed by atoms with Crippen molar-refractivity contribution in [2.45, 2.75) is 4.90 Å². The molecule has 0 radical (unpaired) electrons. The number of hydrogen-bond donors (Lipinski definition) is 1. The average Bonchev–Trinajstić information content (AvgIpc) is 2.58. The summed E-state index contributed by atoms with van der Waals surface area (Å²) in [4.78, 5) is 11.8. The molecule has 0 bridgehead atoms. The van der Waals surface area contributed by atoms with E-state index in [2.05, 4.69) is 5.32 Å². The Labute approximate surface area is 160 Å². The molecule has 1 N–H and O–H groups in total. The van der Waals surface area contributed by atoms with Crippen molar-refractivity contribution in [1.29, 1.82) is 0 Å². The number of nitrogens with zero attached hydrogens (tertiary/aromatic N) is 1. The Morgan fingerprint density at radius 1 is 1.23 bits per heavy atom. The van der Waals surface area contributed by atoms with Gasteiger partial charge in [0.1, 0.15) is 16.5 Å². The van der Waals surface area contributed by atoms with Gasteiger partial charge in [-0.1, -0.05) is 23.2 Å². The first-order valence-electron chi connectivity index (χ1n) is 7.20. The van der Waals surface area contributed by atoms with E-state index < -0.39 is 28.3 Å². The molecule has 0 saturated carbocycles. The number of amides is 1. The highest BCUT2D eigenvalue weighted by atomic mass is 35.5. The predicted octanol–water partition coefficient (Wildman–Crippen LogP) is 3.40. The van der Waals surface area contributed by atoms with Gasteiger partial charge in [-0.25, -0.2) is 12.8 Å². The van der Waals surface area contributed by atoms with E-state index in [0.29, 0.717) is 5.02 Å². The third kappa shape index (κ3) is 4.64. The molecule has 0 heterocycles. The van der Waals surface area contributed by atoms with Crippen molar-refractivity contribution in [2.24, 2.45) is 0 Å². The van der Waals surface area contributed by atoms with Crippen LogP contribution < -0.4 is 10.1 Å². The number of ether oxygens (including phenoxy) is 1. The van der Waals surface area contributed by atoms with E-state index in [4.69, 9.17) is 27.9 Å². The van der Waals surface area contributed by atoms with Crippen molar-refractivity contribution in [2.75, 3.05) is 26.0 Å². The number of benzene rings is 2. The van der Waals surface area contributed by atoms with Gasteiger partial charge in [-0.2, -0.15) is 4.31 Å². The zero-order valence-corrected chi connectivity index (χ0v) is 16.1. The van der Waals surface area contributed by atoms with Crippen molar-refractivity contribution < 1.29 is 22.3 Å². The van der Waals surface area contributed by atoms with Crippen LogP contribution in [0.5, 0.6) is 5.75 Å². The van der Waals surface area contributed by atoms with E-state index in [1.807, 2.05) is 0 Å². The lowest BCUT2D eigenvalue weighted by atomic mass is 10.3. The Kier molecular flexibility index (Phi) is 6.46. The molecule has 10 heteroatoms.